The van der Waals surface area contributed by atoms with E-state index in [9.17, 15) is 9.59 Å². The average molecular weight is 562 g/mol. The monoisotopic (exact) mass is 561 g/mol. The van der Waals surface area contributed by atoms with E-state index in [0.29, 0.717) is 51.3 Å². The molecule has 0 aromatic heterocycles. The second-order valence-electron chi connectivity index (χ2n) is 12.0. The van der Waals surface area contributed by atoms with Crippen molar-refractivity contribution in [2.45, 2.75) is 70.6 Å². The molecular weight excluding hydrogens is 514 g/mol. The summed E-state index contributed by atoms with van der Waals surface area (Å²) in [6.07, 6.45) is 11.6. The zero-order valence-corrected chi connectivity index (χ0v) is 24.6. The predicted octanol–water partition coefficient (Wildman–Crippen LogP) is 5.48. The van der Waals surface area contributed by atoms with Crippen molar-refractivity contribution in [2.24, 2.45) is 5.41 Å². The summed E-state index contributed by atoms with van der Waals surface area (Å²) in [5, 5.41) is 3.15. The van der Waals surface area contributed by atoms with Gasteiger partial charge in [-0.2, -0.15) is 0 Å². The molecule has 1 spiro atoms. The third kappa shape index (κ3) is 8.03. The Bertz CT molecular complexity index is 1140. The number of hydrogen-bond donors (Lipinski definition) is 1. The number of para-hydroxylation sites is 1. The Morgan fingerprint density at radius 1 is 0.878 bits per heavy atom. The maximum Gasteiger partial charge on any atom is 0.253 e. The van der Waals surface area contributed by atoms with Gasteiger partial charge in [-0.1, -0.05) is 49.9 Å². The summed E-state index contributed by atoms with van der Waals surface area (Å²) in [4.78, 5) is 31.3. The number of piperidine rings is 1. The molecule has 0 aliphatic carbocycles. The van der Waals surface area contributed by atoms with Crippen LogP contribution in [0.25, 0.3) is 0 Å². The standard InChI is InChI=1S/C34H47N3O4/c38-32(29-13-10-14-30(27-29)40-26-24-36-20-8-1-2-9-21-36)37-22-17-34(18-23-37)16-7-3-4-11-28-12-5-6-15-31(28)41-25-19-35-33(34)39/h5-6,10,12-15,27H,1-4,7-9,11,16-26H2,(H,35,39). The Labute approximate surface area is 245 Å². The summed E-state index contributed by atoms with van der Waals surface area (Å²) in [5.74, 6) is 1.81. The molecule has 1 N–H and O–H groups in total. The van der Waals surface area contributed by atoms with Gasteiger partial charge in [0, 0.05) is 25.2 Å². The van der Waals surface area contributed by atoms with E-state index in [0.717, 1.165) is 63.2 Å². The number of carbonyl (C=O) groups excluding carboxylic acids is 2. The van der Waals surface area contributed by atoms with Gasteiger partial charge in [-0.3, -0.25) is 14.5 Å². The van der Waals surface area contributed by atoms with E-state index in [1.54, 1.807) is 0 Å². The summed E-state index contributed by atoms with van der Waals surface area (Å²) >= 11 is 0. The Morgan fingerprint density at radius 3 is 2.49 bits per heavy atom. The molecule has 2 amide bonds. The van der Waals surface area contributed by atoms with Crippen LogP contribution in [0.5, 0.6) is 11.5 Å². The molecule has 41 heavy (non-hydrogen) atoms. The number of carbonyl (C=O) groups is 2. The van der Waals surface area contributed by atoms with Gasteiger partial charge in [0.2, 0.25) is 5.91 Å². The van der Waals surface area contributed by atoms with E-state index in [-0.39, 0.29) is 11.8 Å². The normalized spacial score (nSPS) is 20.8. The number of benzene rings is 2. The van der Waals surface area contributed by atoms with Crippen LogP contribution in [0.1, 0.15) is 80.1 Å². The van der Waals surface area contributed by atoms with Crippen LogP contribution in [0.4, 0.5) is 0 Å². The van der Waals surface area contributed by atoms with Crippen molar-refractivity contribution in [2.75, 3.05) is 52.5 Å². The van der Waals surface area contributed by atoms with Crippen molar-refractivity contribution in [1.82, 2.24) is 15.1 Å². The summed E-state index contributed by atoms with van der Waals surface area (Å²) in [6.45, 7) is 5.99. The fraction of sp³-hybridized carbons (Fsp3) is 0.588. The summed E-state index contributed by atoms with van der Waals surface area (Å²) < 4.78 is 12.1. The molecule has 0 radical (unpaired) electrons. The highest BCUT2D eigenvalue weighted by molar-refractivity contribution is 5.95. The first-order valence-electron chi connectivity index (χ1n) is 15.9. The number of fused-ring (bicyclic) bond motifs is 1. The van der Waals surface area contributed by atoms with Crippen LogP contribution in [0.3, 0.4) is 0 Å². The van der Waals surface area contributed by atoms with Gasteiger partial charge < -0.3 is 19.7 Å². The lowest BCUT2D eigenvalue weighted by atomic mass is 9.73. The number of aryl methyl sites for hydroxylation is 1. The molecule has 2 fully saturated rings. The molecule has 0 atom stereocenters. The minimum Gasteiger partial charge on any atom is -0.492 e. The first-order chi connectivity index (χ1) is 20.1. The molecule has 0 unspecified atom stereocenters. The van der Waals surface area contributed by atoms with E-state index in [1.807, 2.05) is 41.3 Å². The van der Waals surface area contributed by atoms with Crippen LogP contribution in [0, 0.1) is 5.41 Å². The average Bonchev–Trinajstić information content (AvgIpc) is 3.28. The molecule has 3 aliphatic heterocycles. The first-order valence-corrected chi connectivity index (χ1v) is 15.9. The van der Waals surface area contributed by atoms with Crippen LogP contribution in [0.2, 0.25) is 0 Å². The van der Waals surface area contributed by atoms with E-state index in [4.69, 9.17) is 9.47 Å². The number of nitrogens with one attached hydrogen (secondary N) is 1. The van der Waals surface area contributed by atoms with Gasteiger partial charge in [0.15, 0.2) is 0 Å². The fourth-order valence-electron chi connectivity index (χ4n) is 6.60. The number of nitrogens with zero attached hydrogens (tertiary/aromatic N) is 2. The Hall–Kier alpha value is -3.06. The Balaban J connectivity index is 1.14. The third-order valence-electron chi connectivity index (χ3n) is 9.16. The van der Waals surface area contributed by atoms with Gasteiger partial charge in [0.25, 0.3) is 5.91 Å². The smallest absolute Gasteiger partial charge is 0.253 e. The van der Waals surface area contributed by atoms with Crippen LogP contribution in [0.15, 0.2) is 48.5 Å². The lowest BCUT2D eigenvalue weighted by Crippen LogP contribution is -2.50. The quantitative estimate of drug-likeness (QED) is 0.524. The predicted molar refractivity (Wildman–Crippen MR) is 162 cm³/mol. The molecule has 0 bridgehead atoms. The molecular formula is C34H47N3O4. The van der Waals surface area contributed by atoms with Crippen LogP contribution in [-0.2, 0) is 11.2 Å². The lowest BCUT2D eigenvalue weighted by Gasteiger charge is -2.41. The lowest BCUT2D eigenvalue weighted by molar-refractivity contribution is -0.134. The minimum absolute atomic E-state index is 0.0223. The van der Waals surface area contributed by atoms with E-state index in [1.165, 1.54) is 31.2 Å². The van der Waals surface area contributed by atoms with Crippen molar-refractivity contribution in [3.05, 3.63) is 59.7 Å². The molecule has 0 saturated carbocycles. The molecule has 2 saturated heterocycles. The van der Waals surface area contributed by atoms with E-state index >= 15 is 0 Å². The van der Waals surface area contributed by atoms with Crippen LogP contribution in [-0.4, -0.2) is 74.1 Å². The van der Waals surface area contributed by atoms with Gasteiger partial charge in [-0.05, 0) is 87.9 Å². The second-order valence-corrected chi connectivity index (χ2v) is 12.0. The number of likely N-dealkylation sites (tertiary alicyclic amines) is 2. The van der Waals surface area contributed by atoms with Gasteiger partial charge in [0.05, 0.1) is 12.0 Å². The van der Waals surface area contributed by atoms with Crippen LogP contribution < -0.4 is 14.8 Å². The second kappa shape index (κ2) is 14.7. The highest BCUT2D eigenvalue weighted by Crippen LogP contribution is 2.38. The van der Waals surface area contributed by atoms with Crippen molar-refractivity contribution in [3.63, 3.8) is 0 Å². The number of amides is 2. The molecule has 3 heterocycles. The van der Waals surface area contributed by atoms with Crippen molar-refractivity contribution in [3.8, 4) is 11.5 Å². The SMILES string of the molecule is O=C(c1cccc(OCCN2CCCCCC2)c1)N1CCC2(CCCCCc3ccccc3OCCNC2=O)CC1. The van der Waals surface area contributed by atoms with Gasteiger partial charge in [0.1, 0.15) is 24.7 Å². The maximum absolute atomic E-state index is 13.5. The molecule has 2 aromatic carbocycles. The molecule has 222 valence electrons. The molecule has 7 heteroatoms. The van der Waals surface area contributed by atoms with E-state index in [2.05, 4.69) is 22.3 Å². The van der Waals surface area contributed by atoms with Crippen molar-refractivity contribution < 1.29 is 19.1 Å². The minimum atomic E-state index is -0.421. The molecule has 2 aromatic rings. The number of ether oxygens (including phenoxy) is 2. The highest BCUT2D eigenvalue weighted by atomic mass is 16.5. The van der Waals surface area contributed by atoms with Gasteiger partial charge >= 0.3 is 0 Å². The largest absolute Gasteiger partial charge is 0.492 e. The highest BCUT2D eigenvalue weighted by Gasteiger charge is 2.41. The number of rotatable bonds is 5. The topological polar surface area (TPSA) is 71.1 Å². The zero-order chi connectivity index (χ0) is 28.3. The van der Waals surface area contributed by atoms with Crippen LogP contribution >= 0.6 is 0 Å². The molecule has 3 aliphatic rings. The summed E-state index contributed by atoms with van der Waals surface area (Å²) in [5.41, 5.74) is 1.48. The van der Waals surface area contributed by atoms with Crippen molar-refractivity contribution >= 4 is 11.8 Å². The fourth-order valence-corrected chi connectivity index (χ4v) is 6.60. The summed E-state index contributed by atoms with van der Waals surface area (Å²) in [6, 6.07) is 15.8. The Morgan fingerprint density at radius 2 is 1.66 bits per heavy atom. The van der Waals surface area contributed by atoms with Gasteiger partial charge in [-0.25, -0.2) is 0 Å². The zero-order valence-electron chi connectivity index (χ0n) is 24.6. The number of hydrogen-bond acceptors (Lipinski definition) is 5. The third-order valence-corrected chi connectivity index (χ3v) is 9.16. The maximum atomic E-state index is 13.5. The van der Waals surface area contributed by atoms with E-state index < -0.39 is 5.41 Å². The van der Waals surface area contributed by atoms with Gasteiger partial charge in [-0.15, -0.1) is 0 Å². The molecule has 5 rings (SSSR count). The molecule has 7 nitrogen and oxygen atoms in total. The Kier molecular flexibility index (Phi) is 10.6. The van der Waals surface area contributed by atoms with Crippen molar-refractivity contribution in [1.29, 1.82) is 0 Å². The first kappa shape index (κ1) is 29.4. The summed E-state index contributed by atoms with van der Waals surface area (Å²) in [7, 11) is 0.